The van der Waals surface area contributed by atoms with E-state index in [2.05, 4.69) is 37.9 Å². The van der Waals surface area contributed by atoms with Crippen LogP contribution in [0.1, 0.15) is 5.56 Å². The zero-order valence-corrected chi connectivity index (χ0v) is 18.3. The molecule has 3 aromatic rings. The number of benzene rings is 2. The Morgan fingerprint density at radius 2 is 2.07 bits per heavy atom. The second-order valence-corrected chi connectivity index (χ2v) is 8.29. The second kappa shape index (κ2) is 9.41. The first-order valence-corrected chi connectivity index (χ1v) is 10.6. The molecule has 28 heavy (non-hydrogen) atoms. The first kappa shape index (κ1) is 20.6. The van der Waals surface area contributed by atoms with E-state index >= 15 is 0 Å². The Hall–Kier alpha value is -2.09. The fourth-order valence-electron chi connectivity index (χ4n) is 2.49. The van der Waals surface area contributed by atoms with E-state index in [-0.39, 0.29) is 11.7 Å². The molecule has 0 saturated heterocycles. The standard InChI is InChI=1S/C20H18BrClN4OS/c1-3-10-26-19(14-5-7-15(21)8-6-14)24-20(25-26)28-12-18(27)23-17-11-16(22)9-4-13(17)2/h3-9,11H,1,10,12H2,2H3,(H,23,27). The van der Waals surface area contributed by atoms with Gasteiger partial charge in [-0.05, 0) is 36.8 Å². The molecule has 0 radical (unpaired) electrons. The molecular weight excluding hydrogens is 460 g/mol. The largest absolute Gasteiger partial charge is 0.325 e. The number of aryl methyl sites for hydroxylation is 1. The Balaban J connectivity index is 1.71. The number of rotatable bonds is 7. The highest BCUT2D eigenvalue weighted by Crippen LogP contribution is 2.24. The number of carbonyl (C=O) groups excluding carboxylic acids is 1. The number of anilines is 1. The number of thioether (sulfide) groups is 1. The van der Waals surface area contributed by atoms with Crippen molar-refractivity contribution in [2.75, 3.05) is 11.1 Å². The van der Waals surface area contributed by atoms with Crippen LogP contribution in [0.4, 0.5) is 5.69 Å². The van der Waals surface area contributed by atoms with Gasteiger partial charge in [-0.3, -0.25) is 4.79 Å². The molecule has 5 nitrogen and oxygen atoms in total. The van der Waals surface area contributed by atoms with Crippen LogP contribution in [0.15, 0.2) is 64.7 Å². The van der Waals surface area contributed by atoms with Crippen LogP contribution >= 0.6 is 39.3 Å². The van der Waals surface area contributed by atoms with E-state index in [9.17, 15) is 4.79 Å². The molecule has 1 heterocycles. The SMILES string of the molecule is C=CCn1nc(SCC(=O)Nc2cc(Cl)ccc2C)nc1-c1ccc(Br)cc1. The van der Waals surface area contributed by atoms with Crippen LogP contribution in [0.2, 0.25) is 5.02 Å². The number of aromatic nitrogens is 3. The maximum atomic E-state index is 12.3. The number of carbonyl (C=O) groups is 1. The summed E-state index contributed by atoms with van der Waals surface area (Å²) >= 11 is 10.7. The topological polar surface area (TPSA) is 59.8 Å². The van der Waals surface area contributed by atoms with Gasteiger partial charge >= 0.3 is 0 Å². The molecule has 0 unspecified atom stereocenters. The van der Waals surface area contributed by atoms with Gasteiger partial charge in [0.05, 0.1) is 12.3 Å². The number of hydrogen-bond acceptors (Lipinski definition) is 4. The van der Waals surface area contributed by atoms with Crippen LogP contribution in [0.3, 0.4) is 0 Å². The highest BCUT2D eigenvalue weighted by atomic mass is 79.9. The summed E-state index contributed by atoms with van der Waals surface area (Å²) < 4.78 is 2.77. The summed E-state index contributed by atoms with van der Waals surface area (Å²) in [6.45, 7) is 6.23. The molecule has 3 rings (SSSR count). The minimum atomic E-state index is -0.138. The minimum Gasteiger partial charge on any atom is -0.325 e. The summed E-state index contributed by atoms with van der Waals surface area (Å²) in [5, 5.41) is 8.49. The quantitative estimate of drug-likeness (QED) is 0.356. The first-order chi connectivity index (χ1) is 13.5. The third-order valence-corrected chi connectivity index (χ3v) is 5.46. The Morgan fingerprint density at radius 1 is 1.32 bits per heavy atom. The van der Waals surface area contributed by atoms with Crippen molar-refractivity contribution in [2.45, 2.75) is 18.6 Å². The number of allylic oxidation sites excluding steroid dienone is 1. The van der Waals surface area contributed by atoms with Gasteiger partial charge in [-0.15, -0.1) is 11.7 Å². The predicted octanol–water partition coefficient (Wildman–Crippen LogP) is 5.59. The molecule has 144 valence electrons. The van der Waals surface area contributed by atoms with E-state index in [0.717, 1.165) is 21.4 Å². The molecule has 0 aliphatic heterocycles. The number of amides is 1. The first-order valence-electron chi connectivity index (χ1n) is 8.46. The number of hydrogen-bond donors (Lipinski definition) is 1. The van der Waals surface area contributed by atoms with Crippen LogP contribution in [-0.2, 0) is 11.3 Å². The Kier molecular flexibility index (Phi) is 6.93. The summed E-state index contributed by atoms with van der Waals surface area (Å²) in [5.74, 6) is 0.797. The summed E-state index contributed by atoms with van der Waals surface area (Å²) in [7, 11) is 0. The fourth-order valence-corrected chi connectivity index (χ4v) is 3.57. The molecule has 2 aromatic carbocycles. The second-order valence-electron chi connectivity index (χ2n) is 5.99. The highest BCUT2D eigenvalue weighted by Gasteiger charge is 2.14. The van der Waals surface area contributed by atoms with Gasteiger partial charge < -0.3 is 5.32 Å². The molecule has 1 amide bonds. The molecule has 0 fully saturated rings. The molecule has 1 aromatic heterocycles. The van der Waals surface area contributed by atoms with Gasteiger partial charge in [-0.2, -0.15) is 0 Å². The van der Waals surface area contributed by atoms with Crippen LogP contribution in [0, 0.1) is 6.92 Å². The number of nitrogens with zero attached hydrogens (tertiary/aromatic N) is 3. The molecule has 0 spiro atoms. The van der Waals surface area contributed by atoms with Crippen molar-refractivity contribution in [2.24, 2.45) is 0 Å². The molecule has 0 aliphatic rings. The van der Waals surface area contributed by atoms with E-state index in [0.29, 0.717) is 22.4 Å². The average Bonchev–Trinajstić information content (AvgIpc) is 3.07. The number of halogens is 2. The summed E-state index contributed by atoms with van der Waals surface area (Å²) in [4.78, 5) is 16.9. The normalized spacial score (nSPS) is 10.7. The van der Waals surface area contributed by atoms with Gasteiger partial charge in [-0.1, -0.05) is 63.6 Å². The fraction of sp³-hybridized carbons (Fsp3) is 0.150. The van der Waals surface area contributed by atoms with Crippen LogP contribution in [-0.4, -0.2) is 26.4 Å². The van der Waals surface area contributed by atoms with Crippen molar-refractivity contribution in [3.63, 3.8) is 0 Å². The van der Waals surface area contributed by atoms with Crippen LogP contribution < -0.4 is 5.32 Å². The van der Waals surface area contributed by atoms with E-state index in [4.69, 9.17) is 11.6 Å². The van der Waals surface area contributed by atoms with Crippen LogP contribution in [0.25, 0.3) is 11.4 Å². The number of nitrogens with one attached hydrogen (secondary N) is 1. The van der Waals surface area contributed by atoms with E-state index in [1.807, 2.05) is 37.3 Å². The van der Waals surface area contributed by atoms with Gasteiger partial charge in [0.1, 0.15) is 0 Å². The van der Waals surface area contributed by atoms with Crippen molar-refractivity contribution >= 4 is 50.9 Å². The molecule has 0 aliphatic carbocycles. The average molecular weight is 478 g/mol. The maximum Gasteiger partial charge on any atom is 0.234 e. The van der Waals surface area contributed by atoms with Gasteiger partial charge in [-0.25, -0.2) is 9.67 Å². The molecule has 8 heteroatoms. The predicted molar refractivity (Wildman–Crippen MR) is 119 cm³/mol. The molecule has 0 bridgehead atoms. The van der Waals surface area contributed by atoms with Crippen molar-refractivity contribution in [3.05, 3.63) is 70.2 Å². The third-order valence-electron chi connectivity index (χ3n) is 3.86. The monoisotopic (exact) mass is 476 g/mol. The lowest BCUT2D eigenvalue weighted by molar-refractivity contribution is -0.113. The highest BCUT2D eigenvalue weighted by molar-refractivity contribution is 9.10. The van der Waals surface area contributed by atoms with E-state index < -0.39 is 0 Å². The Labute approximate surface area is 181 Å². The Bertz CT molecular complexity index is 1000. The van der Waals surface area contributed by atoms with Gasteiger partial charge in [0.2, 0.25) is 11.1 Å². The van der Waals surface area contributed by atoms with Crippen molar-refractivity contribution in [1.29, 1.82) is 0 Å². The lowest BCUT2D eigenvalue weighted by Gasteiger charge is -2.07. The molecule has 0 saturated carbocycles. The van der Waals surface area contributed by atoms with Gasteiger partial charge in [0, 0.05) is 20.7 Å². The minimum absolute atomic E-state index is 0.138. The van der Waals surface area contributed by atoms with E-state index in [1.54, 1.807) is 22.9 Å². The smallest absolute Gasteiger partial charge is 0.234 e. The zero-order chi connectivity index (χ0) is 20.1. The molecule has 1 N–H and O–H groups in total. The van der Waals surface area contributed by atoms with Gasteiger partial charge in [0.25, 0.3) is 0 Å². The van der Waals surface area contributed by atoms with Crippen molar-refractivity contribution < 1.29 is 4.79 Å². The zero-order valence-electron chi connectivity index (χ0n) is 15.2. The van der Waals surface area contributed by atoms with E-state index in [1.165, 1.54) is 11.8 Å². The summed E-state index contributed by atoms with van der Waals surface area (Å²) in [5.41, 5.74) is 2.61. The van der Waals surface area contributed by atoms with Crippen molar-refractivity contribution in [3.8, 4) is 11.4 Å². The lowest BCUT2D eigenvalue weighted by Crippen LogP contribution is -2.15. The molecule has 0 atom stereocenters. The van der Waals surface area contributed by atoms with Crippen LogP contribution in [0.5, 0.6) is 0 Å². The summed E-state index contributed by atoms with van der Waals surface area (Å²) in [6, 6.07) is 13.2. The lowest BCUT2D eigenvalue weighted by atomic mass is 10.2. The summed E-state index contributed by atoms with van der Waals surface area (Å²) in [6.07, 6.45) is 1.76. The maximum absolute atomic E-state index is 12.3. The van der Waals surface area contributed by atoms with Gasteiger partial charge in [0.15, 0.2) is 5.82 Å². The third kappa shape index (κ3) is 5.25. The van der Waals surface area contributed by atoms with Crippen molar-refractivity contribution in [1.82, 2.24) is 14.8 Å². The Morgan fingerprint density at radius 3 is 2.79 bits per heavy atom. The molecular formula is C20H18BrClN4OS.